The van der Waals surface area contributed by atoms with Gasteiger partial charge in [-0.1, -0.05) is 0 Å². The molecule has 0 aliphatic carbocycles. The van der Waals surface area contributed by atoms with Gasteiger partial charge >= 0.3 is 0 Å². The van der Waals surface area contributed by atoms with Crippen LogP contribution in [0.1, 0.15) is 18.9 Å². The largest absolute Gasteiger partial charge is 0.357 e. The van der Waals surface area contributed by atoms with Crippen LogP contribution in [-0.2, 0) is 6.54 Å². The zero-order valence-corrected chi connectivity index (χ0v) is 14.5. The Balaban J connectivity index is 1.60. The fourth-order valence-corrected chi connectivity index (χ4v) is 3.41. The highest BCUT2D eigenvalue weighted by Crippen LogP contribution is 2.20. The molecular formula is C17H22FN5S. The molecule has 1 aliphatic rings. The number of aliphatic imine (C=N–C) groups is 1. The van der Waals surface area contributed by atoms with Crippen molar-refractivity contribution in [2.75, 3.05) is 24.5 Å². The number of rotatable bonds is 5. The fraction of sp³-hybridized carbons (Fsp3) is 0.412. The van der Waals surface area contributed by atoms with E-state index in [4.69, 9.17) is 0 Å². The number of nitrogens with one attached hydrogen (secondary N) is 2. The van der Waals surface area contributed by atoms with Crippen LogP contribution in [0.4, 0.5) is 10.2 Å². The lowest BCUT2D eigenvalue weighted by Crippen LogP contribution is -2.44. The first-order valence-corrected chi connectivity index (χ1v) is 9.12. The second-order valence-electron chi connectivity index (χ2n) is 5.71. The van der Waals surface area contributed by atoms with E-state index in [0.29, 0.717) is 12.4 Å². The van der Waals surface area contributed by atoms with E-state index in [9.17, 15) is 4.39 Å². The Morgan fingerprint density at radius 2 is 2.42 bits per heavy atom. The van der Waals surface area contributed by atoms with E-state index >= 15 is 0 Å². The lowest BCUT2D eigenvalue weighted by Gasteiger charge is -2.19. The highest BCUT2D eigenvalue weighted by Gasteiger charge is 2.25. The molecule has 0 amide bonds. The van der Waals surface area contributed by atoms with Gasteiger partial charge in [0, 0.05) is 31.9 Å². The number of hydrogen-bond acceptors (Lipinski definition) is 4. The maximum atomic E-state index is 13.9. The lowest BCUT2D eigenvalue weighted by atomic mass is 10.3. The SMILES string of the molecule is CCNC(=NCc1ccsc1)NC1CCN(c2ncccc2F)C1. The third kappa shape index (κ3) is 4.23. The summed E-state index contributed by atoms with van der Waals surface area (Å²) in [5.74, 6) is 0.968. The van der Waals surface area contributed by atoms with Crippen LogP contribution in [0.25, 0.3) is 0 Å². The number of nitrogens with zero attached hydrogens (tertiary/aromatic N) is 3. The average Bonchev–Trinajstić information content (AvgIpc) is 3.25. The number of hydrogen-bond donors (Lipinski definition) is 2. The van der Waals surface area contributed by atoms with Gasteiger partial charge in [-0.25, -0.2) is 14.4 Å². The van der Waals surface area contributed by atoms with Crippen molar-refractivity contribution in [3.05, 3.63) is 46.5 Å². The maximum absolute atomic E-state index is 13.9. The highest BCUT2D eigenvalue weighted by atomic mass is 32.1. The summed E-state index contributed by atoms with van der Waals surface area (Å²) in [4.78, 5) is 10.8. The number of pyridine rings is 1. The molecule has 0 bridgehead atoms. The van der Waals surface area contributed by atoms with Gasteiger partial charge in [0.25, 0.3) is 0 Å². The third-order valence-corrected chi connectivity index (χ3v) is 4.64. The minimum atomic E-state index is -0.267. The molecule has 0 aromatic carbocycles. The summed E-state index contributed by atoms with van der Waals surface area (Å²) in [6.07, 6.45) is 2.56. The Labute approximate surface area is 145 Å². The van der Waals surface area contributed by atoms with Gasteiger partial charge < -0.3 is 15.5 Å². The number of thiophene rings is 1. The highest BCUT2D eigenvalue weighted by molar-refractivity contribution is 7.07. The Morgan fingerprint density at radius 1 is 1.50 bits per heavy atom. The van der Waals surface area contributed by atoms with Crippen molar-refractivity contribution < 1.29 is 4.39 Å². The molecule has 1 saturated heterocycles. The molecule has 1 unspecified atom stereocenters. The van der Waals surface area contributed by atoms with Crippen molar-refractivity contribution in [1.29, 1.82) is 0 Å². The molecule has 1 aliphatic heterocycles. The van der Waals surface area contributed by atoms with Gasteiger partial charge in [-0.3, -0.25) is 0 Å². The van der Waals surface area contributed by atoms with E-state index in [0.717, 1.165) is 32.0 Å². The number of guanidine groups is 1. The first-order chi connectivity index (χ1) is 11.8. The van der Waals surface area contributed by atoms with E-state index < -0.39 is 0 Å². The Bertz CT molecular complexity index is 673. The minimum Gasteiger partial charge on any atom is -0.357 e. The Kier molecular flexibility index (Phi) is 5.63. The predicted octanol–water partition coefficient (Wildman–Crippen LogP) is 2.62. The van der Waals surface area contributed by atoms with Crippen LogP contribution in [0.2, 0.25) is 0 Å². The van der Waals surface area contributed by atoms with Gasteiger partial charge in [-0.05, 0) is 47.9 Å². The Morgan fingerprint density at radius 3 is 3.17 bits per heavy atom. The van der Waals surface area contributed by atoms with Crippen molar-refractivity contribution in [1.82, 2.24) is 15.6 Å². The van der Waals surface area contributed by atoms with Crippen LogP contribution in [0.15, 0.2) is 40.1 Å². The lowest BCUT2D eigenvalue weighted by molar-refractivity contribution is 0.612. The average molecular weight is 347 g/mol. The molecule has 3 heterocycles. The van der Waals surface area contributed by atoms with Crippen LogP contribution < -0.4 is 15.5 Å². The standard InChI is InChI=1S/C17H22FN5S/c1-2-19-17(21-10-13-6-9-24-12-13)22-14-5-8-23(11-14)16-15(18)4-3-7-20-16/h3-4,6-7,9,12,14H,2,5,8,10-11H2,1H3,(H2,19,21,22). The summed E-state index contributed by atoms with van der Waals surface area (Å²) in [5.41, 5.74) is 1.21. The van der Waals surface area contributed by atoms with Crippen molar-refractivity contribution >= 4 is 23.1 Å². The molecule has 24 heavy (non-hydrogen) atoms. The fourth-order valence-electron chi connectivity index (χ4n) is 2.75. The van der Waals surface area contributed by atoms with Crippen LogP contribution in [0.3, 0.4) is 0 Å². The molecule has 0 spiro atoms. The molecule has 3 rings (SSSR count). The maximum Gasteiger partial charge on any atom is 0.191 e. The normalized spacial score (nSPS) is 18.0. The zero-order chi connectivity index (χ0) is 16.8. The molecular weight excluding hydrogens is 325 g/mol. The summed E-state index contributed by atoms with van der Waals surface area (Å²) in [6, 6.07) is 5.38. The second kappa shape index (κ2) is 8.10. The van der Waals surface area contributed by atoms with Crippen molar-refractivity contribution in [3.63, 3.8) is 0 Å². The van der Waals surface area contributed by atoms with Crippen LogP contribution in [-0.4, -0.2) is 36.6 Å². The molecule has 7 heteroatoms. The van der Waals surface area contributed by atoms with E-state index in [2.05, 4.69) is 37.4 Å². The van der Waals surface area contributed by atoms with Gasteiger partial charge in [0.15, 0.2) is 17.6 Å². The third-order valence-electron chi connectivity index (χ3n) is 3.91. The minimum absolute atomic E-state index is 0.228. The van der Waals surface area contributed by atoms with Crippen LogP contribution in [0, 0.1) is 5.82 Å². The van der Waals surface area contributed by atoms with Gasteiger partial charge in [-0.15, -0.1) is 0 Å². The molecule has 128 valence electrons. The quantitative estimate of drug-likeness (QED) is 0.645. The van der Waals surface area contributed by atoms with E-state index in [1.54, 1.807) is 23.6 Å². The van der Waals surface area contributed by atoms with Crippen LogP contribution in [0.5, 0.6) is 0 Å². The number of halogens is 1. The van der Waals surface area contributed by atoms with Gasteiger partial charge in [0.1, 0.15) is 0 Å². The van der Waals surface area contributed by atoms with Crippen molar-refractivity contribution in [3.8, 4) is 0 Å². The summed E-state index contributed by atoms with van der Waals surface area (Å²) in [6.45, 7) is 5.02. The molecule has 2 aromatic heterocycles. The molecule has 5 nitrogen and oxygen atoms in total. The molecule has 2 aromatic rings. The molecule has 1 atom stereocenters. The molecule has 0 radical (unpaired) electrons. The topological polar surface area (TPSA) is 52.6 Å². The summed E-state index contributed by atoms with van der Waals surface area (Å²) < 4.78 is 13.9. The first-order valence-electron chi connectivity index (χ1n) is 8.17. The van der Waals surface area contributed by atoms with E-state index in [1.807, 2.05) is 11.8 Å². The molecule has 1 fully saturated rings. The smallest absolute Gasteiger partial charge is 0.191 e. The van der Waals surface area contributed by atoms with E-state index in [1.165, 1.54) is 11.6 Å². The monoisotopic (exact) mass is 347 g/mol. The van der Waals surface area contributed by atoms with Crippen LogP contribution >= 0.6 is 11.3 Å². The second-order valence-corrected chi connectivity index (χ2v) is 6.49. The van der Waals surface area contributed by atoms with Crippen molar-refractivity contribution in [2.24, 2.45) is 4.99 Å². The summed E-state index contributed by atoms with van der Waals surface area (Å²) in [5, 5.41) is 10.9. The van der Waals surface area contributed by atoms with E-state index in [-0.39, 0.29) is 11.9 Å². The van der Waals surface area contributed by atoms with Gasteiger partial charge in [0.05, 0.1) is 6.54 Å². The summed E-state index contributed by atoms with van der Waals surface area (Å²) in [7, 11) is 0. The zero-order valence-electron chi connectivity index (χ0n) is 13.7. The number of anilines is 1. The van der Waals surface area contributed by atoms with Crippen molar-refractivity contribution in [2.45, 2.75) is 25.9 Å². The van der Waals surface area contributed by atoms with Gasteiger partial charge in [-0.2, -0.15) is 11.3 Å². The number of aromatic nitrogens is 1. The Hall–Kier alpha value is -2.15. The molecule has 0 saturated carbocycles. The first kappa shape index (κ1) is 16.7. The van der Waals surface area contributed by atoms with Gasteiger partial charge in [0.2, 0.25) is 0 Å². The predicted molar refractivity (Wildman–Crippen MR) is 97.1 cm³/mol. The summed E-state index contributed by atoms with van der Waals surface area (Å²) >= 11 is 1.68. The molecule has 2 N–H and O–H groups in total.